The lowest BCUT2D eigenvalue weighted by Crippen LogP contribution is -2.45. The van der Waals surface area contributed by atoms with Gasteiger partial charge < -0.3 is 11.1 Å². The number of nitrogens with zero attached hydrogens (tertiary/aromatic N) is 1. The van der Waals surface area contributed by atoms with Gasteiger partial charge in [-0.1, -0.05) is 13.8 Å². The van der Waals surface area contributed by atoms with Crippen LogP contribution in [0.3, 0.4) is 0 Å². The van der Waals surface area contributed by atoms with Crippen molar-refractivity contribution in [3.63, 3.8) is 0 Å². The highest BCUT2D eigenvalue weighted by molar-refractivity contribution is 5.78. The Bertz CT molecular complexity index is 122. The molecule has 0 amide bonds. The fourth-order valence-electron chi connectivity index (χ4n) is 0.594. The zero-order valence-corrected chi connectivity index (χ0v) is 9.23. The predicted molar refractivity (Wildman–Crippen MR) is 56.4 cm³/mol. The summed E-state index contributed by atoms with van der Waals surface area (Å²) in [7, 11) is 0. The Morgan fingerprint density at radius 3 is 2.00 bits per heavy atom. The molecule has 0 rings (SSSR count). The first-order chi connectivity index (χ1) is 5.45. The van der Waals surface area contributed by atoms with Gasteiger partial charge in [-0.15, -0.1) is 0 Å². The lowest BCUT2D eigenvalue weighted by atomic mass is 10.1. The second-order valence-electron chi connectivity index (χ2n) is 3.23. The molecule has 0 radical (unpaired) electrons. The molecule has 0 aliphatic carbocycles. The van der Waals surface area contributed by atoms with Crippen LogP contribution in [0.25, 0.3) is 0 Å². The van der Waals surface area contributed by atoms with E-state index in [1.165, 1.54) is 0 Å². The van der Waals surface area contributed by atoms with Crippen LogP contribution in [0.1, 0.15) is 41.5 Å². The molecule has 0 fully saturated rings. The van der Waals surface area contributed by atoms with Gasteiger partial charge in [-0.25, -0.2) is 0 Å². The molecule has 3 nitrogen and oxygen atoms in total. The number of nitrogens with one attached hydrogen (secondary N) is 1. The molecule has 0 aliphatic rings. The number of aliphatic imine (C=N–C) groups is 1. The molecule has 0 aromatic rings. The molecule has 0 spiro atoms. The van der Waals surface area contributed by atoms with Crippen LogP contribution in [-0.4, -0.2) is 18.0 Å². The van der Waals surface area contributed by atoms with E-state index in [1.54, 1.807) is 0 Å². The molecule has 0 saturated heterocycles. The van der Waals surface area contributed by atoms with Crippen molar-refractivity contribution in [2.45, 2.75) is 47.1 Å². The molecule has 74 valence electrons. The summed E-state index contributed by atoms with van der Waals surface area (Å²) < 4.78 is 0. The molecule has 0 saturated carbocycles. The van der Waals surface area contributed by atoms with Crippen LogP contribution in [0.2, 0.25) is 0 Å². The average Bonchev–Trinajstić information content (AvgIpc) is 1.88. The van der Waals surface area contributed by atoms with E-state index in [0.717, 1.165) is 6.54 Å². The summed E-state index contributed by atoms with van der Waals surface area (Å²) >= 11 is 0. The van der Waals surface area contributed by atoms with Gasteiger partial charge in [0.1, 0.15) is 0 Å². The van der Waals surface area contributed by atoms with Crippen molar-refractivity contribution in [2.75, 3.05) is 6.54 Å². The third-order valence-electron chi connectivity index (χ3n) is 0.832. The molecule has 0 unspecified atom stereocenters. The Morgan fingerprint density at radius 2 is 1.75 bits per heavy atom. The van der Waals surface area contributed by atoms with Crippen molar-refractivity contribution in [3.8, 4) is 0 Å². The van der Waals surface area contributed by atoms with E-state index < -0.39 is 0 Å². The summed E-state index contributed by atoms with van der Waals surface area (Å²) in [6.07, 6.45) is 0. The van der Waals surface area contributed by atoms with Crippen LogP contribution in [-0.2, 0) is 0 Å². The van der Waals surface area contributed by atoms with Crippen LogP contribution in [0, 0.1) is 0 Å². The van der Waals surface area contributed by atoms with Gasteiger partial charge >= 0.3 is 0 Å². The molecular weight excluding hydrogens is 150 g/mol. The maximum atomic E-state index is 5.51. The van der Waals surface area contributed by atoms with Gasteiger partial charge in [-0.2, -0.15) is 0 Å². The van der Waals surface area contributed by atoms with E-state index >= 15 is 0 Å². The summed E-state index contributed by atoms with van der Waals surface area (Å²) in [6.45, 7) is 12.8. The molecule has 3 N–H and O–H groups in total. The lowest BCUT2D eigenvalue weighted by molar-refractivity contribution is 0.508. The summed E-state index contributed by atoms with van der Waals surface area (Å²) in [5, 5.41) is 3.05. The topological polar surface area (TPSA) is 50.4 Å². The summed E-state index contributed by atoms with van der Waals surface area (Å²) in [5.41, 5.74) is 5.53. The van der Waals surface area contributed by atoms with E-state index in [0.29, 0.717) is 5.96 Å². The highest BCUT2D eigenvalue weighted by atomic mass is 15.1. The molecule has 0 aliphatic heterocycles. The van der Waals surface area contributed by atoms with E-state index in [4.69, 9.17) is 5.73 Å². The first kappa shape index (κ1) is 13.8. The Kier molecular flexibility index (Phi) is 8.01. The van der Waals surface area contributed by atoms with Gasteiger partial charge in [0, 0.05) is 12.1 Å². The number of rotatable bonds is 1. The standard InChI is InChI=1S/C7H17N3.C2H6/c1-5-9-6(8)10-7(2,3)4;1-2/h5H2,1-4H3,(H3,8,9,10);1-2H3. The van der Waals surface area contributed by atoms with Crippen molar-refractivity contribution in [1.29, 1.82) is 0 Å². The Morgan fingerprint density at radius 1 is 1.33 bits per heavy atom. The quantitative estimate of drug-likeness (QED) is 0.469. The van der Waals surface area contributed by atoms with Gasteiger partial charge in [0.15, 0.2) is 5.96 Å². The fourth-order valence-corrected chi connectivity index (χ4v) is 0.594. The fraction of sp³-hybridized carbons (Fsp3) is 0.889. The highest BCUT2D eigenvalue weighted by Crippen LogP contribution is 1.96. The molecule has 0 bridgehead atoms. The van der Waals surface area contributed by atoms with Crippen LogP contribution < -0.4 is 11.1 Å². The molecule has 0 atom stereocenters. The first-order valence-electron chi connectivity index (χ1n) is 4.54. The van der Waals surface area contributed by atoms with Crippen LogP contribution in [0.5, 0.6) is 0 Å². The second-order valence-corrected chi connectivity index (χ2v) is 3.23. The van der Waals surface area contributed by atoms with E-state index in [-0.39, 0.29) is 5.54 Å². The van der Waals surface area contributed by atoms with Gasteiger partial charge in [0.25, 0.3) is 0 Å². The summed E-state index contributed by atoms with van der Waals surface area (Å²) in [6, 6.07) is 0. The summed E-state index contributed by atoms with van der Waals surface area (Å²) in [5.74, 6) is 0.523. The minimum Gasteiger partial charge on any atom is -0.370 e. The highest BCUT2D eigenvalue weighted by Gasteiger charge is 2.08. The number of nitrogens with two attached hydrogens (primary N) is 1. The Balaban J connectivity index is 0. The SMILES string of the molecule is CC.CCN=C(N)NC(C)(C)C. The molecule has 0 heterocycles. The van der Waals surface area contributed by atoms with Crippen molar-refractivity contribution in [2.24, 2.45) is 10.7 Å². The van der Waals surface area contributed by atoms with E-state index in [1.807, 2.05) is 41.5 Å². The van der Waals surface area contributed by atoms with E-state index in [9.17, 15) is 0 Å². The number of hydrogen-bond donors (Lipinski definition) is 2. The van der Waals surface area contributed by atoms with Gasteiger partial charge in [0.2, 0.25) is 0 Å². The third-order valence-corrected chi connectivity index (χ3v) is 0.832. The zero-order valence-electron chi connectivity index (χ0n) is 9.23. The predicted octanol–water partition coefficient (Wildman–Crippen LogP) is 1.74. The minimum absolute atomic E-state index is 0.0166. The molecular formula is C9H23N3. The molecule has 12 heavy (non-hydrogen) atoms. The second kappa shape index (κ2) is 6.95. The molecule has 3 heteroatoms. The Labute approximate surface area is 76.4 Å². The van der Waals surface area contributed by atoms with Gasteiger partial charge in [-0.05, 0) is 27.7 Å². The van der Waals surface area contributed by atoms with Gasteiger partial charge in [-0.3, -0.25) is 4.99 Å². The van der Waals surface area contributed by atoms with Gasteiger partial charge in [0.05, 0.1) is 0 Å². The monoisotopic (exact) mass is 173 g/mol. The minimum atomic E-state index is 0.0166. The Hall–Kier alpha value is -0.730. The van der Waals surface area contributed by atoms with Crippen molar-refractivity contribution < 1.29 is 0 Å². The normalized spacial score (nSPS) is 11.7. The van der Waals surface area contributed by atoms with Crippen LogP contribution in [0.4, 0.5) is 0 Å². The maximum Gasteiger partial charge on any atom is 0.188 e. The lowest BCUT2D eigenvalue weighted by Gasteiger charge is -2.20. The van der Waals surface area contributed by atoms with Crippen molar-refractivity contribution >= 4 is 5.96 Å². The number of guanidine groups is 1. The zero-order chi connectivity index (χ0) is 10.2. The van der Waals surface area contributed by atoms with Crippen molar-refractivity contribution in [1.82, 2.24) is 5.32 Å². The maximum absolute atomic E-state index is 5.51. The average molecular weight is 173 g/mol. The smallest absolute Gasteiger partial charge is 0.188 e. The van der Waals surface area contributed by atoms with Crippen LogP contribution in [0.15, 0.2) is 4.99 Å². The third kappa shape index (κ3) is 12.0. The molecule has 0 aromatic heterocycles. The first-order valence-corrected chi connectivity index (χ1v) is 4.54. The number of hydrogen-bond acceptors (Lipinski definition) is 1. The largest absolute Gasteiger partial charge is 0.370 e. The molecule has 0 aromatic carbocycles. The van der Waals surface area contributed by atoms with E-state index in [2.05, 4.69) is 10.3 Å². The van der Waals surface area contributed by atoms with Crippen LogP contribution >= 0.6 is 0 Å². The summed E-state index contributed by atoms with van der Waals surface area (Å²) in [4.78, 5) is 3.99. The van der Waals surface area contributed by atoms with Crippen molar-refractivity contribution in [3.05, 3.63) is 0 Å².